The van der Waals surface area contributed by atoms with E-state index in [4.69, 9.17) is 9.47 Å². The predicted octanol–water partition coefficient (Wildman–Crippen LogP) is 2.56. The van der Waals surface area contributed by atoms with Crippen LogP contribution in [-0.4, -0.2) is 11.6 Å². The van der Waals surface area contributed by atoms with Gasteiger partial charge in [0, 0.05) is 6.07 Å². The number of carboxylic acids is 1. The standard InChI is InChI=1S/C18H20O4/c1-3-18(2,17(19)20)22-16-11-7-10-15(12-16)21-13-14-8-5-4-6-9-14/h4-12H,3,13H2,1-2H3,(H,19,20)/p-1/t18-/m1/s1. The molecule has 0 heterocycles. The Bertz CT molecular complexity index is 624. The maximum atomic E-state index is 11.2. The molecular weight excluding hydrogens is 280 g/mol. The van der Waals surface area contributed by atoms with Crippen LogP contribution in [0, 0.1) is 0 Å². The lowest BCUT2D eigenvalue weighted by Crippen LogP contribution is -2.49. The average molecular weight is 299 g/mol. The van der Waals surface area contributed by atoms with Gasteiger partial charge < -0.3 is 19.4 Å². The van der Waals surface area contributed by atoms with Gasteiger partial charge in [-0.05, 0) is 31.0 Å². The van der Waals surface area contributed by atoms with Gasteiger partial charge in [-0.1, -0.05) is 43.3 Å². The minimum atomic E-state index is -1.35. The van der Waals surface area contributed by atoms with Crippen LogP contribution in [0.25, 0.3) is 0 Å². The first kappa shape index (κ1) is 15.9. The fourth-order valence-electron chi connectivity index (χ4n) is 1.89. The Balaban J connectivity index is 2.05. The number of ether oxygens (including phenoxy) is 2. The van der Waals surface area contributed by atoms with E-state index in [0.717, 1.165) is 5.56 Å². The number of aliphatic carboxylic acids is 1. The van der Waals surface area contributed by atoms with E-state index in [1.807, 2.05) is 30.3 Å². The van der Waals surface area contributed by atoms with Gasteiger partial charge >= 0.3 is 0 Å². The highest BCUT2D eigenvalue weighted by Gasteiger charge is 2.26. The lowest BCUT2D eigenvalue weighted by Gasteiger charge is -2.30. The van der Waals surface area contributed by atoms with Crippen molar-refractivity contribution in [3.8, 4) is 11.5 Å². The molecule has 1 atom stereocenters. The molecule has 2 rings (SSSR count). The molecule has 4 nitrogen and oxygen atoms in total. The number of carbonyl (C=O) groups excluding carboxylic acids is 1. The molecule has 0 aliphatic rings. The highest BCUT2D eigenvalue weighted by atomic mass is 16.5. The van der Waals surface area contributed by atoms with Crippen LogP contribution in [0.1, 0.15) is 25.8 Å². The van der Waals surface area contributed by atoms with Crippen molar-refractivity contribution in [2.24, 2.45) is 0 Å². The van der Waals surface area contributed by atoms with Crippen LogP contribution in [-0.2, 0) is 11.4 Å². The minimum absolute atomic E-state index is 0.310. The van der Waals surface area contributed by atoms with E-state index in [1.54, 1.807) is 31.2 Å². The van der Waals surface area contributed by atoms with Crippen molar-refractivity contribution >= 4 is 5.97 Å². The summed E-state index contributed by atoms with van der Waals surface area (Å²) in [6, 6.07) is 16.7. The largest absolute Gasteiger partial charge is 0.546 e. The van der Waals surface area contributed by atoms with E-state index < -0.39 is 11.6 Å². The summed E-state index contributed by atoms with van der Waals surface area (Å²) in [5.74, 6) is -0.164. The third kappa shape index (κ3) is 4.01. The Hall–Kier alpha value is -2.49. The van der Waals surface area contributed by atoms with Crippen molar-refractivity contribution in [3.05, 3.63) is 60.2 Å². The second-order valence-electron chi connectivity index (χ2n) is 5.22. The first-order valence-corrected chi connectivity index (χ1v) is 7.21. The fourth-order valence-corrected chi connectivity index (χ4v) is 1.89. The van der Waals surface area contributed by atoms with Crippen molar-refractivity contribution in [3.63, 3.8) is 0 Å². The van der Waals surface area contributed by atoms with E-state index in [9.17, 15) is 9.90 Å². The molecule has 0 amide bonds. The molecule has 0 aromatic heterocycles. The molecule has 22 heavy (non-hydrogen) atoms. The SMILES string of the molecule is CC[C@@](C)(Oc1cccc(OCc2ccccc2)c1)C(=O)[O-]. The van der Waals surface area contributed by atoms with Gasteiger partial charge in [-0.2, -0.15) is 0 Å². The molecule has 0 aliphatic carbocycles. The zero-order valence-corrected chi connectivity index (χ0v) is 12.7. The van der Waals surface area contributed by atoms with Gasteiger partial charge in [0.05, 0.1) is 5.97 Å². The molecule has 116 valence electrons. The van der Waals surface area contributed by atoms with Crippen molar-refractivity contribution in [1.29, 1.82) is 0 Å². The first-order chi connectivity index (χ1) is 10.5. The van der Waals surface area contributed by atoms with Crippen LogP contribution in [0.5, 0.6) is 11.5 Å². The number of benzene rings is 2. The van der Waals surface area contributed by atoms with Crippen LogP contribution in [0.4, 0.5) is 0 Å². The quantitative estimate of drug-likeness (QED) is 0.788. The zero-order valence-electron chi connectivity index (χ0n) is 12.7. The van der Waals surface area contributed by atoms with Crippen LogP contribution < -0.4 is 14.6 Å². The highest BCUT2D eigenvalue weighted by Crippen LogP contribution is 2.25. The summed E-state index contributed by atoms with van der Waals surface area (Å²) in [5.41, 5.74) is -0.292. The molecule has 0 radical (unpaired) electrons. The average Bonchev–Trinajstić information content (AvgIpc) is 2.54. The lowest BCUT2D eigenvalue weighted by atomic mass is 10.0. The number of rotatable bonds is 7. The smallest absolute Gasteiger partial charge is 0.145 e. The van der Waals surface area contributed by atoms with E-state index in [-0.39, 0.29) is 0 Å². The van der Waals surface area contributed by atoms with Crippen LogP contribution in [0.15, 0.2) is 54.6 Å². The molecule has 0 aliphatic heterocycles. The first-order valence-electron chi connectivity index (χ1n) is 7.21. The lowest BCUT2D eigenvalue weighted by molar-refractivity contribution is -0.321. The Morgan fingerprint density at radius 1 is 1.09 bits per heavy atom. The summed E-state index contributed by atoms with van der Waals surface area (Å²) in [6.07, 6.45) is 0.310. The Kier molecular flexibility index (Phi) is 5.04. The Morgan fingerprint density at radius 3 is 2.41 bits per heavy atom. The third-order valence-corrected chi connectivity index (χ3v) is 3.50. The summed E-state index contributed by atoms with van der Waals surface area (Å²) in [6.45, 7) is 3.68. The molecule has 0 bridgehead atoms. The van der Waals surface area contributed by atoms with Crippen molar-refractivity contribution in [2.45, 2.75) is 32.5 Å². The van der Waals surface area contributed by atoms with Gasteiger partial charge in [-0.15, -0.1) is 0 Å². The van der Waals surface area contributed by atoms with E-state index in [0.29, 0.717) is 24.5 Å². The van der Waals surface area contributed by atoms with Gasteiger partial charge in [-0.3, -0.25) is 0 Å². The van der Waals surface area contributed by atoms with E-state index >= 15 is 0 Å². The normalized spacial score (nSPS) is 13.2. The summed E-state index contributed by atoms with van der Waals surface area (Å²) in [7, 11) is 0. The van der Waals surface area contributed by atoms with Gasteiger partial charge in [0.15, 0.2) is 0 Å². The van der Waals surface area contributed by atoms with E-state index in [1.165, 1.54) is 6.92 Å². The predicted molar refractivity (Wildman–Crippen MR) is 81.5 cm³/mol. The maximum absolute atomic E-state index is 11.2. The Morgan fingerprint density at radius 2 is 1.77 bits per heavy atom. The summed E-state index contributed by atoms with van der Waals surface area (Å²) >= 11 is 0. The Labute approximate surface area is 130 Å². The van der Waals surface area contributed by atoms with E-state index in [2.05, 4.69) is 0 Å². The van der Waals surface area contributed by atoms with Crippen molar-refractivity contribution in [2.75, 3.05) is 0 Å². The summed E-state index contributed by atoms with van der Waals surface area (Å²) in [5, 5.41) is 11.2. The highest BCUT2D eigenvalue weighted by molar-refractivity contribution is 5.75. The number of carboxylic acid groups (broad SMARTS) is 1. The monoisotopic (exact) mass is 299 g/mol. The third-order valence-electron chi connectivity index (χ3n) is 3.50. The van der Waals surface area contributed by atoms with Crippen molar-refractivity contribution < 1.29 is 19.4 Å². The molecule has 0 unspecified atom stereocenters. The number of hydrogen-bond donors (Lipinski definition) is 0. The molecule has 0 fully saturated rings. The molecule has 0 N–H and O–H groups in total. The minimum Gasteiger partial charge on any atom is -0.546 e. The van der Waals surface area contributed by atoms with Crippen LogP contribution in [0.3, 0.4) is 0 Å². The topological polar surface area (TPSA) is 58.6 Å². The number of carbonyl (C=O) groups is 1. The summed E-state index contributed by atoms with van der Waals surface area (Å²) < 4.78 is 11.3. The molecule has 4 heteroatoms. The second kappa shape index (κ2) is 6.98. The van der Waals surface area contributed by atoms with Crippen LogP contribution >= 0.6 is 0 Å². The van der Waals surface area contributed by atoms with Gasteiger partial charge in [-0.25, -0.2) is 0 Å². The van der Waals surface area contributed by atoms with Crippen molar-refractivity contribution in [1.82, 2.24) is 0 Å². The molecule has 0 saturated carbocycles. The molecule has 0 saturated heterocycles. The van der Waals surface area contributed by atoms with Gasteiger partial charge in [0.25, 0.3) is 0 Å². The fraction of sp³-hybridized carbons (Fsp3) is 0.278. The zero-order chi connectivity index (χ0) is 16.0. The van der Waals surface area contributed by atoms with Gasteiger partial charge in [0.2, 0.25) is 0 Å². The summed E-state index contributed by atoms with van der Waals surface area (Å²) in [4.78, 5) is 11.2. The molecular formula is C18H19O4-. The second-order valence-corrected chi connectivity index (χ2v) is 5.22. The molecule has 2 aromatic carbocycles. The molecule has 2 aromatic rings. The van der Waals surface area contributed by atoms with Crippen LogP contribution in [0.2, 0.25) is 0 Å². The number of hydrogen-bond acceptors (Lipinski definition) is 4. The maximum Gasteiger partial charge on any atom is 0.145 e. The van der Waals surface area contributed by atoms with Gasteiger partial charge in [0.1, 0.15) is 23.7 Å². The molecule has 0 spiro atoms.